The number of carbonyl (C=O) groups excluding carboxylic acids is 1. The molecule has 0 aliphatic carbocycles. The van der Waals surface area contributed by atoms with Gasteiger partial charge in [-0.2, -0.15) is 0 Å². The van der Waals surface area contributed by atoms with Crippen molar-refractivity contribution in [2.45, 2.75) is 18.9 Å². The van der Waals surface area contributed by atoms with Gasteiger partial charge in [-0.25, -0.2) is 0 Å². The minimum Gasteiger partial charge on any atom is -0.496 e. The van der Waals surface area contributed by atoms with E-state index in [2.05, 4.69) is 0 Å². The number of benzene rings is 1. The number of hydrogen-bond acceptors (Lipinski definition) is 5. The lowest BCUT2D eigenvalue weighted by molar-refractivity contribution is 0.0715. The van der Waals surface area contributed by atoms with Crippen LogP contribution in [0.15, 0.2) is 18.2 Å². The average molecular weight is 305 g/mol. The van der Waals surface area contributed by atoms with Gasteiger partial charge in [0.25, 0.3) is 5.91 Å². The fourth-order valence-corrected chi connectivity index (χ4v) is 3.91. The SMILES string of the molecule is COc1cccc2sc(C(=O)N3CCCC(N)C3)c(N)c12. The average Bonchev–Trinajstić information content (AvgIpc) is 2.84. The predicted molar refractivity (Wildman–Crippen MR) is 85.9 cm³/mol. The summed E-state index contributed by atoms with van der Waals surface area (Å²) >= 11 is 1.42. The number of hydrogen-bond donors (Lipinski definition) is 2. The molecule has 5 nitrogen and oxygen atoms in total. The Kier molecular flexibility index (Phi) is 3.73. The third kappa shape index (κ3) is 2.45. The molecule has 1 aromatic carbocycles. The molecule has 6 heteroatoms. The fraction of sp³-hybridized carbons (Fsp3) is 0.400. The van der Waals surface area contributed by atoms with Crippen molar-refractivity contribution in [1.82, 2.24) is 4.90 Å². The molecule has 2 heterocycles. The molecule has 1 aromatic heterocycles. The van der Waals surface area contributed by atoms with Gasteiger partial charge in [0.05, 0.1) is 18.2 Å². The van der Waals surface area contributed by atoms with Gasteiger partial charge in [-0.15, -0.1) is 11.3 Å². The van der Waals surface area contributed by atoms with Gasteiger partial charge in [0.15, 0.2) is 0 Å². The minimum absolute atomic E-state index is 0.0223. The standard InChI is InChI=1S/C15H19N3O2S/c1-20-10-5-2-6-11-12(10)13(17)14(21-11)15(19)18-7-3-4-9(16)8-18/h2,5-6,9H,3-4,7-8,16-17H2,1H3. The summed E-state index contributed by atoms with van der Waals surface area (Å²) < 4.78 is 6.31. The third-order valence-electron chi connectivity index (χ3n) is 3.87. The second-order valence-electron chi connectivity index (χ2n) is 5.33. The molecular weight excluding hydrogens is 286 g/mol. The Hall–Kier alpha value is -1.79. The van der Waals surface area contributed by atoms with E-state index in [0.29, 0.717) is 22.9 Å². The summed E-state index contributed by atoms with van der Waals surface area (Å²) in [7, 11) is 1.61. The van der Waals surface area contributed by atoms with Gasteiger partial charge in [0, 0.05) is 23.8 Å². The fourth-order valence-electron chi connectivity index (χ4n) is 2.81. The summed E-state index contributed by atoms with van der Waals surface area (Å²) in [5, 5.41) is 0.828. The van der Waals surface area contributed by atoms with Crippen molar-refractivity contribution in [3.63, 3.8) is 0 Å². The van der Waals surface area contributed by atoms with Crippen molar-refractivity contribution in [2.24, 2.45) is 5.73 Å². The molecule has 0 spiro atoms. The van der Waals surface area contributed by atoms with Crippen molar-refractivity contribution < 1.29 is 9.53 Å². The molecule has 1 amide bonds. The molecule has 1 unspecified atom stereocenters. The smallest absolute Gasteiger partial charge is 0.266 e. The number of piperidine rings is 1. The van der Waals surface area contributed by atoms with Crippen LogP contribution in [0.5, 0.6) is 5.75 Å². The molecular formula is C15H19N3O2S. The maximum absolute atomic E-state index is 12.7. The highest BCUT2D eigenvalue weighted by Gasteiger charge is 2.26. The van der Waals surface area contributed by atoms with Crippen LogP contribution in [0.1, 0.15) is 22.5 Å². The van der Waals surface area contributed by atoms with Gasteiger partial charge in [-0.1, -0.05) is 6.07 Å². The Balaban J connectivity index is 2.00. The number of thiophene rings is 1. The topological polar surface area (TPSA) is 81.6 Å². The van der Waals surface area contributed by atoms with Gasteiger partial charge in [0.1, 0.15) is 10.6 Å². The molecule has 112 valence electrons. The Bertz CT molecular complexity index is 683. The number of ether oxygens (including phenoxy) is 1. The van der Waals surface area contributed by atoms with Crippen molar-refractivity contribution in [3.05, 3.63) is 23.1 Å². The number of amides is 1. The lowest BCUT2D eigenvalue weighted by Crippen LogP contribution is -2.45. The highest BCUT2D eigenvalue weighted by molar-refractivity contribution is 7.21. The maximum Gasteiger partial charge on any atom is 0.266 e. The van der Waals surface area contributed by atoms with Crippen LogP contribution in [0.25, 0.3) is 10.1 Å². The van der Waals surface area contributed by atoms with Crippen molar-refractivity contribution >= 4 is 33.0 Å². The lowest BCUT2D eigenvalue weighted by atomic mass is 10.1. The summed E-state index contributed by atoms with van der Waals surface area (Å²) in [6.45, 7) is 1.35. The third-order valence-corrected chi connectivity index (χ3v) is 5.03. The van der Waals surface area contributed by atoms with Crippen LogP contribution < -0.4 is 16.2 Å². The lowest BCUT2D eigenvalue weighted by Gasteiger charge is -2.30. The number of nitrogen functional groups attached to an aromatic ring is 1. The van der Waals surface area contributed by atoms with E-state index in [1.807, 2.05) is 23.1 Å². The molecule has 1 atom stereocenters. The number of rotatable bonds is 2. The number of methoxy groups -OCH3 is 1. The van der Waals surface area contributed by atoms with E-state index in [4.69, 9.17) is 16.2 Å². The number of likely N-dealkylation sites (tertiary alicyclic amines) is 1. The van der Waals surface area contributed by atoms with E-state index in [1.54, 1.807) is 7.11 Å². The minimum atomic E-state index is -0.0223. The van der Waals surface area contributed by atoms with Crippen molar-refractivity contribution in [1.29, 1.82) is 0 Å². The zero-order valence-corrected chi connectivity index (χ0v) is 12.8. The van der Waals surface area contributed by atoms with E-state index < -0.39 is 0 Å². The summed E-state index contributed by atoms with van der Waals surface area (Å²) in [5.41, 5.74) is 12.7. The van der Waals surface area contributed by atoms with Gasteiger partial charge < -0.3 is 21.1 Å². The molecule has 3 rings (SSSR count). The monoisotopic (exact) mass is 305 g/mol. The van der Waals surface area contributed by atoms with E-state index in [0.717, 1.165) is 29.5 Å². The number of nitrogens with two attached hydrogens (primary N) is 2. The van der Waals surface area contributed by atoms with Crippen LogP contribution >= 0.6 is 11.3 Å². The van der Waals surface area contributed by atoms with Crippen LogP contribution in [0.4, 0.5) is 5.69 Å². The van der Waals surface area contributed by atoms with Gasteiger partial charge in [-0.05, 0) is 25.0 Å². The zero-order valence-electron chi connectivity index (χ0n) is 12.0. The normalized spacial score (nSPS) is 19.0. The molecule has 1 saturated heterocycles. The van der Waals surface area contributed by atoms with Gasteiger partial charge in [0.2, 0.25) is 0 Å². The molecule has 0 bridgehead atoms. The number of anilines is 1. The second kappa shape index (κ2) is 5.54. The predicted octanol–water partition coefficient (Wildman–Crippen LogP) is 2.06. The van der Waals surface area contributed by atoms with Crippen molar-refractivity contribution in [2.75, 3.05) is 25.9 Å². The first-order chi connectivity index (χ1) is 10.1. The van der Waals surface area contributed by atoms with Gasteiger partial charge in [-0.3, -0.25) is 4.79 Å². The second-order valence-corrected chi connectivity index (χ2v) is 6.38. The summed E-state index contributed by atoms with van der Waals surface area (Å²) in [4.78, 5) is 15.1. The number of fused-ring (bicyclic) bond motifs is 1. The van der Waals surface area contributed by atoms with Crippen molar-refractivity contribution in [3.8, 4) is 5.75 Å². The molecule has 1 aliphatic heterocycles. The Labute approximate surface area is 127 Å². The molecule has 0 radical (unpaired) electrons. The van der Waals surface area contributed by atoms with E-state index in [9.17, 15) is 4.79 Å². The summed E-state index contributed by atoms with van der Waals surface area (Å²) in [6, 6.07) is 5.78. The van der Waals surface area contributed by atoms with E-state index in [1.165, 1.54) is 11.3 Å². The number of nitrogens with zero attached hydrogens (tertiary/aromatic N) is 1. The van der Waals surface area contributed by atoms with Crippen LogP contribution in [0.2, 0.25) is 0 Å². The largest absolute Gasteiger partial charge is 0.496 e. The van der Waals surface area contributed by atoms with Crippen LogP contribution in [-0.2, 0) is 0 Å². The highest BCUT2D eigenvalue weighted by Crippen LogP contribution is 2.40. The first kappa shape index (κ1) is 14.2. The van der Waals surface area contributed by atoms with E-state index in [-0.39, 0.29) is 11.9 Å². The molecule has 1 aliphatic rings. The van der Waals surface area contributed by atoms with Crippen LogP contribution in [0.3, 0.4) is 0 Å². The highest BCUT2D eigenvalue weighted by atomic mass is 32.1. The van der Waals surface area contributed by atoms with Gasteiger partial charge >= 0.3 is 0 Å². The number of carbonyl (C=O) groups is 1. The zero-order chi connectivity index (χ0) is 15.0. The molecule has 4 N–H and O–H groups in total. The Morgan fingerprint density at radius 1 is 1.48 bits per heavy atom. The molecule has 0 saturated carbocycles. The van der Waals surface area contributed by atoms with E-state index >= 15 is 0 Å². The molecule has 2 aromatic rings. The molecule has 1 fully saturated rings. The Morgan fingerprint density at radius 2 is 2.29 bits per heavy atom. The van der Waals surface area contributed by atoms with Crippen LogP contribution in [0, 0.1) is 0 Å². The Morgan fingerprint density at radius 3 is 3.00 bits per heavy atom. The quantitative estimate of drug-likeness (QED) is 0.890. The summed E-state index contributed by atoms with van der Waals surface area (Å²) in [6.07, 6.45) is 1.92. The van der Waals surface area contributed by atoms with Crippen LogP contribution in [-0.4, -0.2) is 37.0 Å². The maximum atomic E-state index is 12.7. The summed E-state index contributed by atoms with van der Waals surface area (Å²) in [5.74, 6) is 0.682. The molecule has 21 heavy (non-hydrogen) atoms. The first-order valence-corrected chi connectivity index (χ1v) is 7.83. The first-order valence-electron chi connectivity index (χ1n) is 7.01.